The van der Waals surface area contributed by atoms with Gasteiger partial charge < -0.3 is 14.2 Å². The van der Waals surface area contributed by atoms with Gasteiger partial charge in [0.2, 0.25) is 0 Å². The molecule has 0 aromatic carbocycles. The van der Waals surface area contributed by atoms with Gasteiger partial charge in [-0.15, -0.1) is 0 Å². The second kappa shape index (κ2) is 68.1. The van der Waals surface area contributed by atoms with E-state index in [0.717, 1.165) is 116 Å². The molecule has 0 amide bonds. The Balaban J connectivity index is 4.21. The largest absolute Gasteiger partial charge is 0.462 e. The Morgan fingerprint density at radius 2 is 0.487 bits per heavy atom. The van der Waals surface area contributed by atoms with Crippen LogP contribution in [0.15, 0.2) is 85.1 Å². The van der Waals surface area contributed by atoms with Crippen molar-refractivity contribution in [1.82, 2.24) is 0 Å². The Bertz CT molecular complexity index is 1520. The highest BCUT2D eigenvalue weighted by Crippen LogP contribution is 2.17. The van der Waals surface area contributed by atoms with Gasteiger partial charge in [0, 0.05) is 19.3 Å². The summed E-state index contributed by atoms with van der Waals surface area (Å²) in [6.07, 6.45) is 90.4. The molecule has 0 aliphatic heterocycles. The average molecular weight is 1120 g/mol. The molecule has 6 heteroatoms. The van der Waals surface area contributed by atoms with Crippen molar-refractivity contribution in [3.8, 4) is 0 Å². The van der Waals surface area contributed by atoms with Gasteiger partial charge in [0.05, 0.1) is 0 Å². The van der Waals surface area contributed by atoms with E-state index < -0.39 is 6.10 Å². The van der Waals surface area contributed by atoms with Crippen LogP contribution < -0.4 is 0 Å². The zero-order valence-corrected chi connectivity index (χ0v) is 53.1. The fraction of sp³-hybridized carbons (Fsp3) is 0.770. The van der Waals surface area contributed by atoms with Gasteiger partial charge in [-0.3, -0.25) is 14.4 Å². The average Bonchev–Trinajstić information content (AvgIpc) is 3.46. The third kappa shape index (κ3) is 65.4. The van der Waals surface area contributed by atoms with Crippen LogP contribution in [0.25, 0.3) is 0 Å². The van der Waals surface area contributed by atoms with Crippen LogP contribution in [0.1, 0.15) is 348 Å². The predicted octanol–water partition coefficient (Wildman–Crippen LogP) is 23.8. The van der Waals surface area contributed by atoms with E-state index in [-0.39, 0.29) is 31.1 Å². The van der Waals surface area contributed by atoms with E-state index in [2.05, 4.69) is 106 Å². The third-order valence-electron chi connectivity index (χ3n) is 15.1. The Morgan fingerprint density at radius 1 is 0.263 bits per heavy atom. The molecule has 0 spiro atoms. The molecular formula is C74H130O6. The second-order valence-corrected chi connectivity index (χ2v) is 23.1. The number of hydrogen-bond acceptors (Lipinski definition) is 6. The van der Waals surface area contributed by atoms with Gasteiger partial charge >= 0.3 is 17.9 Å². The quantitative estimate of drug-likeness (QED) is 0.0261. The molecule has 1 atom stereocenters. The molecule has 0 N–H and O–H groups in total. The van der Waals surface area contributed by atoms with Crippen LogP contribution in [0.2, 0.25) is 0 Å². The Hall–Kier alpha value is -3.41. The lowest BCUT2D eigenvalue weighted by molar-refractivity contribution is -0.167. The minimum absolute atomic E-state index is 0.0807. The molecule has 0 radical (unpaired) electrons. The highest BCUT2D eigenvalue weighted by atomic mass is 16.6. The van der Waals surface area contributed by atoms with E-state index in [1.807, 2.05) is 0 Å². The van der Waals surface area contributed by atoms with Crippen LogP contribution in [0.5, 0.6) is 0 Å². The molecule has 1 unspecified atom stereocenters. The van der Waals surface area contributed by atoms with E-state index in [9.17, 15) is 14.4 Å². The molecule has 0 rings (SSSR count). The van der Waals surface area contributed by atoms with E-state index in [1.165, 1.54) is 193 Å². The summed E-state index contributed by atoms with van der Waals surface area (Å²) < 4.78 is 16.9. The van der Waals surface area contributed by atoms with Crippen molar-refractivity contribution in [3.05, 3.63) is 85.1 Å². The predicted molar refractivity (Wildman–Crippen MR) is 348 cm³/mol. The van der Waals surface area contributed by atoms with Gasteiger partial charge in [-0.2, -0.15) is 0 Å². The van der Waals surface area contributed by atoms with Gasteiger partial charge in [-0.05, 0) is 116 Å². The Kier molecular flexibility index (Phi) is 65.2. The molecule has 0 saturated carbocycles. The smallest absolute Gasteiger partial charge is 0.306 e. The molecule has 0 bridgehead atoms. The first-order valence-electron chi connectivity index (χ1n) is 34.6. The summed E-state index contributed by atoms with van der Waals surface area (Å²) in [5.41, 5.74) is 0. The van der Waals surface area contributed by atoms with Gasteiger partial charge in [0.1, 0.15) is 13.2 Å². The number of allylic oxidation sites excluding steroid dienone is 14. The van der Waals surface area contributed by atoms with Crippen LogP contribution in [0.4, 0.5) is 0 Å². The van der Waals surface area contributed by atoms with Crippen LogP contribution in [0, 0.1) is 0 Å². The molecule has 0 aromatic rings. The maximum absolute atomic E-state index is 12.9. The molecule has 80 heavy (non-hydrogen) atoms. The zero-order valence-electron chi connectivity index (χ0n) is 53.1. The van der Waals surface area contributed by atoms with E-state index in [1.54, 1.807) is 0 Å². The summed E-state index contributed by atoms with van der Waals surface area (Å²) >= 11 is 0. The lowest BCUT2D eigenvalue weighted by Crippen LogP contribution is -2.30. The van der Waals surface area contributed by atoms with Crippen molar-refractivity contribution in [1.29, 1.82) is 0 Å². The first-order valence-corrected chi connectivity index (χ1v) is 34.6. The Morgan fingerprint density at radius 3 is 0.800 bits per heavy atom. The molecule has 0 heterocycles. The lowest BCUT2D eigenvalue weighted by Gasteiger charge is -2.18. The van der Waals surface area contributed by atoms with Crippen molar-refractivity contribution < 1.29 is 28.6 Å². The number of rotatable bonds is 63. The summed E-state index contributed by atoms with van der Waals surface area (Å²) in [6, 6.07) is 0. The minimum atomic E-state index is -0.786. The van der Waals surface area contributed by atoms with Crippen LogP contribution in [-0.4, -0.2) is 37.2 Å². The van der Waals surface area contributed by atoms with Crippen LogP contribution >= 0.6 is 0 Å². The van der Waals surface area contributed by atoms with Crippen molar-refractivity contribution in [2.24, 2.45) is 0 Å². The topological polar surface area (TPSA) is 78.9 Å². The summed E-state index contributed by atoms with van der Waals surface area (Å²) in [5.74, 6) is -0.886. The van der Waals surface area contributed by atoms with Crippen LogP contribution in [-0.2, 0) is 28.6 Å². The van der Waals surface area contributed by atoms with Crippen molar-refractivity contribution in [2.45, 2.75) is 354 Å². The normalized spacial score (nSPS) is 12.6. The fourth-order valence-corrected chi connectivity index (χ4v) is 9.93. The summed E-state index contributed by atoms with van der Waals surface area (Å²) in [4.78, 5) is 38.4. The number of carbonyl (C=O) groups is 3. The fourth-order valence-electron chi connectivity index (χ4n) is 9.93. The van der Waals surface area contributed by atoms with Crippen molar-refractivity contribution >= 4 is 17.9 Å². The minimum Gasteiger partial charge on any atom is -0.462 e. The van der Waals surface area contributed by atoms with E-state index in [0.29, 0.717) is 19.3 Å². The highest BCUT2D eigenvalue weighted by Gasteiger charge is 2.19. The molecule has 0 aromatic heterocycles. The molecule has 0 fully saturated rings. The number of carbonyl (C=O) groups excluding carboxylic acids is 3. The Labute approximate surface area is 496 Å². The summed E-state index contributed by atoms with van der Waals surface area (Å²) in [7, 11) is 0. The van der Waals surface area contributed by atoms with Crippen molar-refractivity contribution in [3.63, 3.8) is 0 Å². The van der Waals surface area contributed by atoms with Crippen molar-refractivity contribution in [2.75, 3.05) is 13.2 Å². The van der Waals surface area contributed by atoms with E-state index >= 15 is 0 Å². The lowest BCUT2D eigenvalue weighted by atomic mass is 10.0. The highest BCUT2D eigenvalue weighted by molar-refractivity contribution is 5.71. The molecular weight excluding hydrogens is 985 g/mol. The maximum atomic E-state index is 12.9. The number of ether oxygens (including phenoxy) is 3. The SMILES string of the molecule is CC/C=C\C/C=C\C/C=C\C/C=C\CCCCCCCCCCCCCCCCCCCCC(=O)OCC(COC(=O)CCCCCCC/C=C\C/C=C\CCCCC)OC(=O)CCCCCCC/C=C\CCCCCCCCC. The number of hydrogen-bond donors (Lipinski definition) is 0. The first-order chi connectivity index (χ1) is 39.5. The first kappa shape index (κ1) is 76.6. The maximum Gasteiger partial charge on any atom is 0.306 e. The third-order valence-corrected chi connectivity index (χ3v) is 15.1. The van der Waals surface area contributed by atoms with Crippen LogP contribution in [0.3, 0.4) is 0 Å². The monoisotopic (exact) mass is 1110 g/mol. The van der Waals surface area contributed by atoms with Gasteiger partial charge in [-0.1, -0.05) is 298 Å². The van der Waals surface area contributed by atoms with Gasteiger partial charge in [0.25, 0.3) is 0 Å². The number of esters is 3. The van der Waals surface area contributed by atoms with Gasteiger partial charge in [-0.25, -0.2) is 0 Å². The summed E-state index contributed by atoms with van der Waals surface area (Å²) in [6.45, 7) is 6.52. The molecule has 462 valence electrons. The molecule has 6 nitrogen and oxygen atoms in total. The number of unbranched alkanes of at least 4 members (excludes halogenated alkanes) is 38. The molecule has 0 aliphatic rings. The van der Waals surface area contributed by atoms with E-state index in [4.69, 9.17) is 14.2 Å². The zero-order chi connectivity index (χ0) is 57.8. The molecule has 0 saturated heterocycles. The second-order valence-electron chi connectivity index (χ2n) is 23.1. The van der Waals surface area contributed by atoms with Gasteiger partial charge in [0.15, 0.2) is 6.10 Å². The standard InChI is InChI=1S/C74H130O6/c1-4-7-10-13-16-19-22-25-28-30-31-32-33-34-35-36-37-38-39-40-41-42-43-44-47-49-52-55-58-61-64-67-73(76)79-70-71(69-78-72(75)66-63-60-57-54-51-48-45-27-24-21-18-15-12-9-6-3)80-74(77)68-65-62-59-56-53-50-46-29-26-23-20-17-14-11-8-5-2/h7,10,16,18-19,21,25,27-29,31-32,45-46,71H,4-6,8-9,11-15,17,20,22-24,26,30,33-44,47-70H2,1-3H3/b10-7-,19-16-,21-18-,28-25-,32-31-,45-27-,46-29-. The summed E-state index contributed by atoms with van der Waals surface area (Å²) in [5, 5.41) is 0. The molecule has 0 aliphatic carbocycles.